The monoisotopic (exact) mass is 311 g/mol. The van der Waals surface area contributed by atoms with Gasteiger partial charge in [0, 0.05) is 11.6 Å². The number of hydrogen-bond acceptors (Lipinski definition) is 5. The van der Waals surface area contributed by atoms with Crippen LogP contribution in [0, 0.1) is 5.82 Å². The van der Waals surface area contributed by atoms with Crippen LogP contribution in [0.4, 0.5) is 21.6 Å². The highest BCUT2D eigenvalue weighted by Gasteiger charge is 2.12. The minimum atomic E-state index is -0.378. The Morgan fingerprint density at radius 1 is 1.13 bits per heavy atom. The molecule has 0 unspecified atom stereocenters. The molecular weight excluding hydrogens is 297 g/mol. The van der Waals surface area contributed by atoms with Gasteiger partial charge in [-0.05, 0) is 36.4 Å². The van der Waals surface area contributed by atoms with Crippen LogP contribution in [-0.2, 0) is 0 Å². The molecule has 6 nitrogen and oxygen atoms in total. The highest BCUT2D eigenvalue weighted by Crippen LogP contribution is 2.34. The lowest BCUT2D eigenvalue weighted by Crippen LogP contribution is -1.84. The van der Waals surface area contributed by atoms with Crippen molar-refractivity contribution in [2.24, 2.45) is 10.2 Å². The number of halogens is 1. The normalized spacial score (nSPS) is 11.0. The molecule has 0 bridgehead atoms. The first-order chi connectivity index (χ1) is 11.2. The maximum atomic E-state index is 13.2. The van der Waals surface area contributed by atoms with Gasteiger partial charge in [0.25, 0.3) is 0 Å². The highest BCUT2D eigenvalue weighted by atomic mass is 19.1. The molecule has 0 spiro atoms. The largest absolute Gasteiger partial charge is 0.497 e. The lowest BCUT2D eigenvalue weighted by atomic mass is 10.1. The number of nitrogens with one attached hydrogen (secondary N) is 1. The van der Waals surface area contributed by atoms with E-state index in [9.17, 15) is 4.39 Å². The minimum absolute atomic E-state index is 0.218. The van der Waals surface area contributed by atoms with Crippen molar-refractivity contribution in [2.75, 3.05) is 12.8 Å². The summed E-state index contributed by atoms with van der Waals surface area (Å²) in [5.74, 6) is 0.581. The third kappa shape index (κ3) is 3.18. The molecule has 23 heavy (non-hydrogen) atoms. The fourth-order valence-electron chi connectivity index (χ4n) is 2.06. The van der Waals surface area contributed by atoms with Crippen LogP contribution in [0.25, 0.3) is 11.3 Å². The van der Waals surface area contributed by atoms with Crippen LogP contribution in [0.1, 0.15) is 0 Å². The number of aromatic amines is 1. The molecule has 116 valence electrons. The van der Waals surface area contributed by atoms with Crippen LogP contribution in [0.5, 0.6) is 5.75 Å². The lowest BCUT2D eigenvalue weighted by Gasteiger charge is -2.02. The number of ether oxygens (including phenoxy) is 1. The molecule has 0 fully saturated rings. The topological polar surface area (TPSA) is 88.6 Å². The molecule has 2 aromatic carbocycles. The molecule has 3 N–H and O–H groups in total. The maximum Gasteiger partial charge on any atom is 0.173 e. The zero-order valence-electron chi connectivity index (χ0n) is 12.3. The number of anilines is 1. The van der Waals surface area contributed by atoms with E-state index in [0.29, 0.717) is 17.1 Å². The van der Waals surface area contributed by atoms with E-state index < -0.39 is 0 Å². The molecule has 3 rings (SSSR count). The van der Waals surface area contributed by atoms with E-state index in [0.717, 1.165) is 11.3 Å². The molecule has 0 atom stereocenters. The quantitative estimate of drug-likeness (QED) is 0.707. The number of H-pyrrole nitrogens is 1. The number of hydrogen-bond donors (Lipinski definition) is 2. The van der Waals surface area contributed by atoms with Crippen molar-refractivity contribution in [3.05, 3.63) is 54.3 Å². The summed E-state index contributed by atoms with van der Waals surface area (Å²) in [4.78, 5) is 0. The summed E-state index contributed by atoms with van der Waals surface area (Å²) in [5.41, 5.74) is 8.10. The zero-order valence-corrected chi connectivity index (χ0v) is 12.3. The van der Waals surface area contributed by atoms with Gasteiger partial charge in [-0.2, -0.15) is 10.2 Å². The van der Waals surface area contributed by atoms with Crippen molar-refractivity contribution in [2.45, 2.75) is 0 Å². The third-order valence-corrected chi connectivity index (χ3v) is 3.22. The Balaban J connectivity index is 1.95. The molecule has 0 amide bonds. The van der Waals surface area contributed by atoms with Crippen molar-refractivity contribution in [3.63, 3.8) is 0 Å². The van der Waals surface area contributed by atoms with Gasteiger partial charge < -0.3 is 10.5 Å². The van der Waals surface area contributed by atoms with Gasteiger partial charge in [-0.3, -0.25) is 5.10 Å². The molecule has 0 aliphatic carbocycles. The number of azo groups is 1. The molecule has 0 aliphatic rings. The van der Waals surface area contributed by atoms with Crippen molar-refractivity contribution < 1.29 is 9.13 Å². The second-order valence-corrected chi connectivity index (χ2v) is 4.74. The first kappa shape index (κ1) is 14.7. The third-order valence-electron chi connectivity index (χ3n) is 3.22. The number of nitrogens with two attached hydrogens (primary N) is 1. The first-order valence-corrected chi connectivity index (χ1v) is 6.83. The highest BCUT2D eigenvalue weighted by molar-refractivity contribution is 5.79. The smallest absolute Gasteiger partial charge is 0.173 e. The number of aromatic nitrogens is 2. The summed E-state index contributed by atoms with van der Waals surface area (Å²) in [5, 5.41) is 14.9. The Morgan fingerprint density at radius 2 is 1.91 bits per heavy atom. The van der Waals surface area contributed by atoms with Crippen molar-refractivity contribution >= 4 is 17.2 Å². The Hall–Kier alpha value is -3.22. The Kier molecular flexibility index (Phi) is 4.01. The average molecular weight is 311 g/mol. The molecule has 0 saturated carbocycles. The number of rotatable bonds is 4. The summed E-state index contributed by atoms with van der Waals surface area (Å²) >= 11 is 0. The minimum Gasteiger partial charge on any atom is -0.497 e. The maximum absolute atomic E-state index is 13.2. The number of nitrogens with zero attached hydrogens (tertiary/aromatic N) is 3. The van der Waals surface area contributed by atoms with Crippen molar-refractivity contribution in [1.82, 2.24) is 10.2 Å². The molecule has 0 radical (unpaired) electrons. The van der Waals surface area contributed by atoms with Gasteiger partial charge in [-0.1, -0.05) is 6.07 Å². The summed E-state index contributed by atoms with van der Waals surface area (Å²) in [6, 6.07) is 13.2. The van der Waals surface area contributed by atoms with Crippen LogP contribution < -0.4 is 10.5 Å². The van der Waals surface area contributed by atoms with Crippen molar-refractivity contribution in [3.8, 4) is 17.0 Å². The molecule has 1 aromatic heterocycles. The Bertz CT molecular complexity index is 842. The van der Waals surface area contributed by atoms with Crippen molar-refractivity contribution in [1.29, 1.82) is 0 Å². The molecule has 3 aromatic rings. The zero-order chi connectivity index (χ0) is 16.2. The van der Waals surface area contributed by atoms with Crippen LogP contribution in [0.3, 0.4) is 0 Å². The van der Waals surface area contributed by atoms with Gasteiger partial charge in [-0.15, -0.1) is 5.11 Å². The van der Waals surface area contributed by atoms with Crippen LogP contribution in [0.15, 0.2) is 58.8 Å². The predicted octanol–water partition coefficient (Wildman–Crippen LogP) is 4.22. The lowest BCUT2D eigenvalue weighted by molar-refractivity contribution is 0.415. The number of nitrogen functional groups attached to an aromatic ring is 1. The Labute approximate surface area is 131 Å². The van der Waals surface area contributed by atoms with Gasteiger partial charge in [0.15, 0.2) is 11.5 Å². The van der Waals surface area contributed by atoms with E-state index in [1.807, 2.05) is 24.3 Å². The van der Waals surface area contributed by atoms with Crippen LogP contribution in [-0.4, -0.2) is 17.3 Å². The van der Waals surface area contributed by atoms with Crippen LogP contribution in [0.2, 0.25) is 0 Å². The van der Waals surface area contributed by atoms with Gasteiger partial charge in [0.1, 0.15) is 11.6 Å². The second-order valence-electron chi connectivity index (χ2n) is 4.74. The van der Waals surface area contributed by atoms with Crippen LogP contribution >= 0.6 is 0 Å². The first-order valence-electron chi connectivity index (χ1n) is 6.83. The standard InChI is InChI=1S/C16H14FN5O/c1-23-13-7-5-10(6-8-13)14-15(16(18)22-20-14)21-19-12-4-2-3-11(17)9-12/h2-9H,1H3,(H3,18,20,22). The van der Waals surface area contributed by atoms with Gasteiger partial charge >= 0.3 is 0 Å². The fourth-order valence-corrected chi connectivity index (χ4v) is 2.06. The SMILES string of the molecule is COc1ccc(-c2[nH]nc(N)c2N=Nc2cccc(F)c2)cc1. The summed E-state index contributed by atoms with van der Waals surface area (Å²) in [7, 11) is 1.60. The van der Waals surface area contributed by atoms with E-state index in [1.54, 1.807) is 19.2 Å². The molecule has 0 aliphatic heterocycles. The molecule has 0 saturated heterocycles. The number of methoxy groups -OCH3 is 1. The molecule has 7 heteroatoms. The van der Waals surface area contributed by atoms with E-state index in [-0.39, 0.29) is 11.6 Å². The van der Waals surface area contributed by atoms with Gasteiger partial charge in [-0.25, -0.2) is 4.39 Å². The van der Waals surface area contributed by atoms with E-state index in [4.69, 9.17) is 10.5 Å². The molecule has 1 heterocycles. The summed E-state index contributed by atoms with van der Waals surface area (Å²) in [6.45, 7) is 0. The Morgan fingerprint density at radius 3 is 2.61 bits per heavy atom. The number of benzene rings is 2. The predicted molar refractivity (Wildman–Crippen MR) is 85.6 cm³/mol. The summed E-state index contributed by atoms with van der Waals surface area (Å²) in [6.07, 6.45) is 0. The van der Waals surface area contributed by atoms with E-state index in [2.05, 4.69) is 20.4 Å². The second kappa shape index (κ2) is 6.27. The fraction of sp³-hybridized carbons (Fsp3) is 0.0625. The van der Waals surface area contributed by atoms with Gasteiger partial charge in [0.2, 0.25) is 0 Å². The average Bonchev–Trinajstić information content (AvgIpc) is 2.94. The van der Waals surface area contributed by atoms with Gasteiger partial charge in [0.05, 0.1) is 18.5 Å². The van der Waals surface area contributed by atoms with E-state index >= 15 is 0 Å². The molecular formula is C16H14FN5O. The summed E-state index contributed by atoms with van der Waals surface area (Å²) < 4.78 is 18.3. The van der Waals surface area contributed by atoms with E-state index in [1.165, 1.54) is 12.1 Å².